The summed E-state index contributed by atoms with van der Waals surface area (Å²) in [5.74, 6) is 0.902. The number of imidazole rings is 1. The number of hydrogen-bond acceptors (Lipinski definition) is 3. The number of amides is 1. The molecule has 4 rings (SSSR count). The van der Waals surface area contributed by atoms with Crippen molar-refractivity contribution >= 4 is 22.6 Å². The van der Waals surface area contributed by atoms with Crippen molar-refractivity contribution in [3.63, 3.8) is 0 Å². The van der Waals surface area contributed by atoms with Crippen LogP contribution in [-0.2, 0) is 0 Å². The van der Waals surface area contributed by atoms with E-state index in [1.54, 1.807) is 0 Å². The van der Waals surface area contributed by atoms with E-state index in [0.717, 1.165) is 43.0 Å². The first-order valence-electron chi connectivity index (χ1n) is 8.27. The van der Waals surface area contributed by atoms with Crippen LogP contribution in [0.25, 0.3) is 11.0 Å². The number of carbonyl (C=O) groups excluding carboxylic acids is 1. The van der Waals surface area contributed by atoms with E-state index in [-0.39, 0.29) is 5.91 Å². The number of nitrogens with one attached hydrogen (secondary N) is 1. The van der Waals surface area contributed by atoms with Crippen LogP contribution in [0.4, 0.5) is 5.69 Å². The molecule has 1 N–H and O–H groups in total. The number of piperazine rings is 1. The Morgan fingerprint density at radius 1 is 1.00 bits per heavy atom. The van der Waals surface area contributed by atoms with Gasteiger partial charge in [-0.15, -0.1) is 0 Å². The molecule has 0 atom stereocenters. The SMILES string of the molecule is Cc1nc2c(C(=O)N3CCN(c4ccccc4)CC3)cccc2[nH]1. The van der Waals surface area contributed by atoms with Crippen LogP contribution in [0.1, 0.15) is 16.2 Å². The predicted octanol–water partition coefficient (Wildman–Crippen LogP) is 2.83. The van der Waals surface area contributed by atoms with Gasteiger partial charge in [-0.1, -0.05) is 24.3 Å². The van der Waals surface area contributed by atoms with Gasteiger partial charge in [-0.05, 0) is 31.2 Å². The first-order chi connectivity index (χ1) is 11.7. The molecule has 5 heteroatoms. The quantitative estimate of drug-likeness (QED) is 0.790. The van der Waals surface area contributed by atoms with Crippen molar-refractivity contribution < 1.29 is 4.79 Å². The van der Waals surface area contributed by atoms with E-state index < -0.39 is 0 Å². The summed E-state index contributed by atoms with van der Waals surface area (Å²) in [6.45, 7) is 5.07. The normalized spacial score (nSPS) is 15.0. The van der Waals surface area contributed by atoms with Crippen molar-refractivity contribution in [1.82, 2.24) is 14.9 Å². The first kappa shape index (κ1) is 14.8. The third kappa shape index (κ3) is 2.62. The van der Waals surface area contributed by atoms with E-state index in [9.17, 15) is 4.79 Å². The molecule has 0 unspecified atom stereocenters. The molecule has 0 spiro atoms. The van der Waals surface area contributed by atoms with Crippen molar-refractivity contribution in [2.24, 2.45) is 0 Å². The number of rotatable bonds is 2. The number of nitrogens with zero attached hydrogens (tertiary/aromatic N) is 3. The smallest absolute Gasteiger partial charge is 0.256 e. The highest BCUT2D eigenvalue weighted by atomic mass is 16.2. The van der Waals surface area contributed by atoms with E-state index in [2.05, 4.69) is 27.0 Å². The van der Waals surface area contributed by atoms with Gasteiger partial charge in [0.2, 0.25) is 0 Å². The minimum Gasteiger partial charge on any atom is -0.368 e. The molecule has 0 bridgehead atoms. The Hall–Kier alpha value is -2.82. The second-order valence-electron chi connectivity index (χ2n) is 6.14. The third-order valence-corrected chi connectivity index (χ3v) is 4.55. The molecular formula is C19H20N4O. The average Bonchev–Trinajstić information content (AvgIpc) is 3.02. The maximum Gasteiger partial charge on any atom is 0.256 e. The highest BCUT2D eigenvalue weighted by Crippen LogP contribution is 2.20. The molecule has 0 radical (unpaired) electrons. The lowest BCUT2D eigenvalue weighted by molar-refractivity contribution is 0.0748. The highest BCUT2D eigenvalue weighted by Gasteiger charge is 2.24. The van der Waals surface area contributed by atoms with E-state index in [1.165, 1.54) is 5.69 Å². The number of H-pyrrole nitrogens is 1. The molecule has 24 heavy (non-hydrogen) atoms. The number of hydrogen-bond donors (Lipinski definition) is 1. The van der Waals surface area contributed by atoms with Crippen molar-refractivity contribution in [2.45, 2.75) is 6.92 Å². The molecule has 1 aliphatic heterocycles. The van der Waals surface area contributed by atoms with E-state index in [1.807, 2.05) is 48.2 Å². The van der Waals surface area contributed by atoms with Crippen molar-refractivity contribution in [3.8, 4) is 0 Å². The van der Waals surface area contributed by atoms with Gasteiger partial charge in [0.05, 0.1) is 11.1 Å². The van der Waals surface area contributed by atoms with E-state index in [0.29, 0.717) is 5.56 Å². The maximum atomic E-state index is 12.9. The largest absolute Gasteiger partial charge is 0.368 e. The molecule has 2 aromatic carbocycles. The summed E-state index contributed by atoms with van der Waals surface area (Å²) < 4.78 is 0. The molecule has 5 nitrogen and oxygen atoms in total. The fourth-order valence-electron chi connectivity index (χ4n) is 3.30. The van der Waals surface area contributed by atoms with Crippen LogP contribution in [-0.4, -0.2) is 47.0 Å². The summed E-state index contributed by atoms with van der Waals surface area (Å²) in [6, 6.07) is 16.1. The van der Waals surface area contributed by atoms with Gasteiger partial charge in [0.15, 0.2) is 0 Å². The van der Waals surface area contributed by atoms with E-state index >= 15 is 0 Å². The summed E-state index contributed by atoms with van der Waals surface area (Å²) in [4.78, 5) is 24.8. The zero-order valence-electron chi connectivity index (χ0n) is 13.7. The second kappa shape index (κ2) is 6.00. The molecule has 1 saturated heterocycles. The van der Waals surface area contributed by atoms with Gasteiger partial charge in [-0.2, -0.15) is 0 Å². The lowest BCUT2D eigenvalue weighted by atomic mass is 10.1. The van der Waals surface area contributed by atoms with Gasteiger partial charge in [0.25, 0.3) is 5.91 Å². The molecule has 0 saturated carbocycles. The van der Waals surface area contributed by atoms with Crippen molar-refractivity contribution in [1.29, 1.82) is 0 Å². The molecule has 1 aliphatic rings. The number of aryl methyl sites for hydroxylation is 1. The first-order valence-corrected chi connectivity index (χ1v) is 8.27. The molecule has 122 valence electrons. The summed E-state index contributed by atoms with van der Waals surface area (Å²) >= 11 is 0. The summed E-state index contributed by atoms with van der Waals surface area (Å²) in [5, 5.41) is 0. The number of carbonyl (C=O) groups is 1. The van der Waals surface area contributed by atoms with Crippen LogP contribution in [0.5, 0.6) is 0 Å². The van der Waals surface area contributed by atoms with Crippen LogP contribution in [0.3, 0.4) is 0 Å². The Labute approximate surface area is 140 Å². The van der Waals surface area contributed by atoms with Crippen molar-refractivity contribution in [2.75, 3.05) is 31.1 Å². The van der Waals surface area contributed by atoms with Crippen LogP contribution in [0, 0.1) is 6.92 Å². The Morgan fingerprint density at radius 2 is 1.75 bits per heavy atom. The summed E-state index contributed by atoms with van der Waals surface area (Å²) in [7, 11) is 0. The summed E-state index contributed by atoms with van der Waals surface area (Å²) in [5.41, 5.74) is 3.59. The van der Waals surface area contributed by atoms with E-state index in [4.69, 9.17) is 0 Å². The monoisotopic (exact) mass is 320 g/mol. The molecule has 2 heterocycles. The zero-order valence-corrected chi connectivity index (χ0v) is 13.7. The average molecular weight is 320 g/mol. The highest BCUT2D eigenvalue weighted by molar-refractivity contribution is 6.05. The van der Waals surface area contributed by atoms with Gasteiger partial charge in [-0.3, -0.25) is 4.79 Å². The number of anilines is 1. The van der Waals surface area contributed by atoms with Gasteiger partial charge in [-0.25, -0.2) is 4.98 Å². The van der Waals surface area contributed by atoms with Crippen LogP contribution in [0.15, 0.2) is 48.5 Å². The van der Waals surface area contributed by atoms with Gasteiger partial charge in [0.1, 0.15) is 11.3 Å². The number of aromatic amines is 1. The van der Waals surface area contributed by atoms with Gasteiger partial charge in [0, 0.05) is 31.9 Å². The molecule has 0 aliphatic carbocycles. The standard InChI is InChI=1S/C19H20N4O/c1-14-20-17-9-5-8-16(18(17)21-14)19(24)23-12-10-22(11-13-23)15-6-3-2-4-7-15/h2-9H,10-13H2,1H3,(H,20,21). The van der Waals surface area contributed by atoms with Gasteiger partial charge >= 0.3 is 0 Å². The lowest BCUT2D eigenvalue weighted by Crippen LogP contribution is -2.48. The molecule has 3 aromatic rings. The fraction of sp³-hybridized carbons (Fsp3) is 0.263. The minimum atomic E-state index is 0.0693. The second-order valence-corrected chi connectivity index (χ2v) is 6.14. The van der Waals surface area contributed by atoms with Gasteiger partial charge < -0.3 is 14.8 Å². The van der Waals surface area contributed by atoms with Crippen LogP contribution in [0.2, 0.25) is 0 Å². The number of benzene rings is 2. The molecule has 1 amide bonds. The predicted molar refractivity (Wildman–Crippen MR) is 95.4 cm³/mol. The van der Waals surface area contributed by atoms with Crippen molar-refractivity contribution in [3.05, 3.63) is 59.9 Å². The number of para-hydroxylation sites is 2. The summed E-state index contributed by atoms with van der Waals surface area (Å²) in [6.07, 6.45) is 0. The third-order valence-electron chi connectivity index (χ3n) is 4.55. The zero-order chi connectivity index (χ0) is 16.5. The minimum absolute atomic E-state index is 0.0693. The Bertz CT molecular complexity index is 863. The Morgan fingerprint density at radius 3 is 2.50 bits per heavy atom. The molecular weight excluding hydrogens is 300 g/mol. The molecule has 1 aromatic heterocycles. The topological polar surface area (TPSA) is 52.2 Å². The fourth-order valence-corrected chi connectivity index (χ4v) is 3.30. The Kier molecular flexibility index (Phi) is 3.69. The molecule has 1 fully saturated rings. The van der Waals surface area contributed by atoms with Crippen LogP contribution < -0.4 is 4.90 Å². The Balaban J connectivity index is 1.52. The number of aromatic nitrogens is 2. The number of fused-ring (bicyclic) bond motifs is 1. The lowest BCUT2D eigenvalue weighted by Gasteiger charge is -2.36. The van der Waals surface area contributed by atoms with Crippen LogP contribution >= 0.6 is 0 Å². The maximum absolute atomic E-state index is 12.9.